The fourth-order valence-electron chi connectivity index (χ4n) is 2.12. The minimum absolute atomic E-state index is 0.418. The molecule has 2 N–H and O–H groups in total. The molecule has 0 aromatic heterocycles. The van der Waals surface area contributed by atoms with E-state index in [2.05, 4.69) is 25.2 Å². The fourth-order valence-corrected chi connectivity index (χ4v) is 2.12. The Balaban J connectivity index is 2.78. The number of benzene rings is 1. The highest BCUT2D eigenvalue weighted by atomic mass is 16.3. The first-order valence-corrected chi connectivity index (χ1v) is 7.07. The number of rotatable bonds is 7. The lowest BCUT2D eigenvalue weighted by Crippen LogP contribution is -2.27. The maximum atomic E-state index is 9.44. The molecule has 0 fully saturated rings. The minimum Gasteiger partial charge on any atom is -0.392 e. The molecule has 4 heteroatoms. The number of nitrogens with one attached hydrogen (secondary N) is 1. The van der Waals surface area contributed by atoms with Crippen LogP contribution in [0.1, 0.15) is 31.9 Å². The van der Waals surface area contributed by atoms with E-state index in [9.17, 15) is 10.4 Å². The van der Waals surface area contributed by atoms with Crippen molar-refractivity contribution in [3.05, 3.63) is 29.3 Å². The number of hydrogen-bond donors (Lipinski definition) is 2. The zero-order valence-corrected chi connectivity index (χ0v) is 12.8. The maximum Gasteiger partial charge on any atom is 0.101 e. The lowest BCUT2D eigenvalue weighted by molar-refractivity contribution is 0.201. The van der Waals surface area contributed by atoms with Crippen LogP contribution in [0, 0.1) is 17.2 Å². The molecule has 20 heavy (non-hydrogen) atoms. The van der Waals surface area contributed by atoms with Crippen molar-refractivity contribution < 1.29 is 5.11 Å². The fraction of sp³-hybridized carbons (Fsp3) is 0.562. The summed E-state index contributed by atoms with van der Waals surface area (Å²) in [5.74, 6) is 0.613. The van der Waals surface area contributed by atoms with Crippen molar-refractivity contribution in [3.8, 4) is 6.07 Å². The molecule has 0 heterocycles. The summed E-state index contributed by atoms with van der Waals surface area (Å²) in [6.07, 6.45) is -0.418. The lowest BCUT2D eigenvalue weighted by Gasteiger charge is -2.22. The first-order chi connectivity index (χ1) is 9.43. The predicted octanol–water partition coefficient (Wildman–Crippen LogP) is 2.12. The summed E-state index contributed by atoms with van der Waals surface area (Å²) in [4.78, 5) is 1.91. The molecule has 0 aliphatic carbocycles. The Labute approximate surface area is 122 Å². The largest absolute Gasteiger partial charge is 0.392 e. The highest BCUT2D eigenvalue weighted by Crippen LogP contribution is 2.20. The molecule has 1 atom stereocenters. The topological polar surface area (TPSA) is 59.3 Å². The number of nitriles is 1. The molecular weight excluding hydrogens is 250 g/mol. The van der Waals surface area contributed by atoms with Gasteiger partial charge in [0, 0.05) is 20.1 Å². The van der Waals surface area contributed by atoms with Gasteiger partial charge >= 0.3 is 0 Å². The third-order valence-corrected chi connectivity index (χ3v) is 3.01. The van der Waals surface area contributed by atoms with Crippen LogP contribution in [0.15, 0.2) is 18.2 Å². The van der Waals surface area contributed by atoms with Crippen LogP contribution in [0.2, 0.25) is 0 Å². The summed E-state index contributed by atoms with van der Waals surface area (Å²) in [5, 5.41) is 22.1. The van der Waals surface area contributed by atoms with E-state index < -0.39 is 6.10 Å². The van der Waals surface area contributed by atoms with Gasteiger partial charge in [0.05, 0.1) is 17.4 Å². The summed E-state index contributed by atoms with van der Waals surface area (Å²) in [5.41, 5.74) is 2.62. The first kappa shape index (κ1) is 16.5. The number of nitrogens with zero attached hydrogens (tertiary/aromatic N) is 2. The van der Waals surface area contributed by atoms with Crippen LogP contribution in [-0.2, 0) is 6.54 Å². The Morgan fingerprint density at radius 1 is 1.35 bits per heavy atom. The number of anilines is 1. The summed E-state index contributed by atoms with van der Waals surface area (Å²) >= 11 is 0. The van der Waals surface area contributed by atoms with Crippen LogP contribution < -0.4 is 10.2 Å². The third-order valence-electron chi connectivity index (χ3n) is 3.01. The monoisotopic (exact) mass is 275 g/mol. The van der Waals surface area contributed by atoms with Crippen LogP contribution in [0.5, 0.6) is 0 Å². The van der Waals surface area contributed by atoms with Gasteiger partial charge in [-0.05, 0) is 37.1 Å². The van der Waals surface area contributed by atoms with E-state index in [-0.39, 0.29) is 0 Å². The molecule has 0 saturated heterocycles. The van der Waals surface area contributed by atoms with Crippen molar-refractivity contribution in [1.82, 2.24) is 5.32 Å². The van der Waals surface area contributed by atoms with E-state index in [4.69, 9.17) is 0 Å². The normalized spacial score (nSPS) is 12.2. The first-order valence-electron chi connectivity index (χ1n) is 7.07. The number of aliphatic hydroxyl groups excluding tert-OH is 1. The van der Waals surface area contributed by atoms with Crippen molar-refractivity contribution in [2.24, 2.45) is 5.92 Å². The zero-order valence-electron chi connectivity index (χ0n) is 12.8. The molecule has 0 spiro atoms. The van der Waals surface area contributed by atoms with Crippen LogP contribution in [0.3, 0.4) is 0 Å². The number of hydrogen-bond acceptors (Lipinski definition) is 4. The second-order valence-electron chi connectivity index (χ2n) is 5.72. The quantitative estimate of drug-likeness (QED) is 0.800. The van der Waals surface area contributed by atoms with Crippen molar-refractivity contribution >= 4 is 5.69 Å². The standard InChI is InChI=1S/C16H25N3O/c1-12(2)9-18-10-14-5-6-16(15(7-14)8-17)19(4)11-13(3)20/h5-7,12-13,18,20H,9-11H2,1-4H3. The van der Waals surface area contributed by atoms with Crippen LogP contribution >= 0.6 is 0 Å². The summed E-state index contributed by atoms with van der Waals surface area (Å²) < 4.78 is 0. The lowest BCUT2D eigenvalue weighted by atomic mass is 10.1. The van der Waals surface area contributed by atoms with Gasteiger partial charge < -0.3 is 15.3 Å². The van der Waals surface area contributed by atoms with E-state index in [1.165, 1.54) is 0 Å². The molecular formula is C16H25N3O. The minimum atomic E-state index is -0.418. The van der Waals surface area contributed by atoms with E-state index in [1.54, 1.807) is 6.92 Å². The number of likely N-dealkylation sites (N-methyl/N-ethyl adjacent to an activating group) is 1. The molecule has 0 bridgehead atoms. The van der Waals surface area contributed by atoms with E-state index >= 15 is 0 Å². The smallest absolute Gasteiger partial charge is 0.101 e. The van der Waals surface area contributed by atoms with Gasteiger partial charge in [-0.2, -0.15) is 5.26 Å². The second kappa shape index (κ2) is 7.88. The Hall–Kier alpha value is -1.57. The summed E-state index contributed by atoms with van der Waals surface area (Å²) in [7, 11) is 1.89. The summed E-state index contributed by atoms with van der Waals surface area (Å²) in [6.45, 7) is 8.33. The van der Waals surface area contributed by atoms with Crippen molar-refractivity contribution in [2.75, 3.05) is 25.0 Å². The third kappa shape index (κ3) is 5.20. The maximum absolute atomic E-state index is 9.44. The summed E-state index contributed by atoms with van der Waals surface area (Å²) in [6, 6.07) is 8.14. The molecule has 1 unspecified atom stereocenters. The SMILES string of the molecule is CC(C)CNCc1ccc(N(C)CC(C)O)c(C#N)c1. The van der Waals surface area contributed by atoms with E-state index in [1.807, 2.05) is 30.1 Å². The molecule has 1 aromatic rings. The van der Waals surface area contributed by atoms with Gasteiger partial charge in [0.1, 0.15) is 6.07 Å². The van der Waals surface area contributed by atoms with Gasteiger partial charge in [0.15, 0.2) is 0 Å². The molecule has 1 aromatic carbocycles. The molecule has 4 nitrogen and oxygen atoms in total. The average Bonchev–Trinajstić information content (AvgIpc) is 2.37. The Morgan fingerprint density at radius 3 is 2.60 bits per heavy atom. The Bertz CT molecular complexity index is 463. The van der Waals surface area contributed by atoms with E-state index in [0.29, 0.717) is 18.0 Å². The van der Waals surface area contributed by atoms with Crippen molar-refractivity contribution in [2.45, 2.75) is 33.4 Å². The predicted molar refractivity (Wildman–Crippen MR) is 82.7 cm³/mol. The molecule has 0 aliphatic heterocycles. The highest BCUT2D eigenvalue weighted by Gasteiger charge is 2.10. The molecule has 0 amide bonds. The van der Waals surface area contributed by atoms with Gasteiger partial charge in [-0.3, -0.25) is 0 Å². The second-order valence-corrected chi connectivity index (χ2v) is 5.72. The average molecular weight is 275 g/mol. The zero-order chi connectivity index (χ0) is 15.1. The van der Waals surface area contributed by atoms with E-state index in [0.717, 1.165) is 24.3 Å². The molecule has 110 valence electrons. The van der Waals surface area contributed by atoms with Crippen LogP contribution in [0.25, 0.3) is 0 Å². The van der Waals surface area contributed by atoms with Crippen LogP contribution in [-0.4, -0.2) is 31.3 Å². The van der Waals surface area contributed by atoms with Crippen molar-refractivity contribution in [3.63, 3.8) is 0 Å². The Kier molecular flexibility index (Phi) is 6.50. The van der Waals surface area contributed by atoms with Gasteiger partial charge in [0.25, 0.3) is 0 Å². The molecule has 0 saturated carbocycles. The van der Waals surface area contributed by atoms with Gasteiger partial charge in [-0.1, -0.05) is 19.9 Å². The van der Waals surface area contributed by atoms with Gasteiger partial charge in [0.2, 0.25) is 0 Å². The highest BCUT2D eigenvalue weighted by molar-refractivity contribution is 5.60. The van der Waals surface area contributed by atoms with Crippen LogP contribution in [0.4, 0.5) is 5.69 Å². The molecule has 1 rings (SSSR count). The molecule has 0 radical (unpaired) electrons. The molecule has 0 aliphatic rings. The van der Waals surface area contributed by atoms with Gasteiger partial charge in [-0.15, -0.1) is 0 Å². The van der Waals surface area contributed by atoms with Gasteiger partial charge in [-0.25, -0.2) is 0 Å². The Morgan fingerprint density at radius 2 is 2.05 bits per heavy atom. The number of aliphatic hydroxyl groups is 1. The van der Waals surface area contributed by atoms with Crippen molar-refractivity contribution in [1.29, 1.82) is 5.26 Å².